The topological polar surface area (TPSA) is 162 Å². The summed E-state index contributed by atoms with van der Waals surface area (Å²) in [4.78, 5) is 0. The van der Waals surface area contributed by atoms with Crippen molar-refractivity contribution in [3.8, 4) is 0 Å². The van der Waals surface area contributed by atoms with E-state index in [4.69, 9.17) is 0 Å². The third-order valence-electron chi connectivity index (χ3n) is 22.2. The minimum atomic E-state index is -1.41. The molecule has 0 aromatic carbocycles. The average molecular weight is 1130 g/mol. The summed E-state index contributed by atoms with van der Waals surface area (Å²) in [6.45, 7) is 0. The van der Waals surface area contributed by atoms with E-state index in [9.17, 15) is 40.9 Å². The molecule has 8 nitrogen and oxygen atoms in total. The summed E-state index contributed by atoms with van der Waals surface area (Å²) in [5, 5.41) is 87.1. The first-order valence-corrected chi connectivity index (χ1v) is 32.1. The van der Waals surface area contributed by atoms with E-state index >= 15 is 0 Å². The molecule has 13 aliphatic rings. The van der Waals surface area contributed by atoms with Gasteiger partial charge in [-0.2, -0.15) is 0 Å². The maximum Gasteiger partial charge on any atom is 0.154 e. The molecule has 0 heterocycles. The summed E-state index contributed by atoms with van der Waals surface area (Å²) in [7, 11) is 0. The van der Waals surface area contributed by atoms with Crippen LogP contribution < -0.4 is 0 Å². The van der Waals surface area contributed by atoms with Crippen molar-refractivity contribution >= 4 is 0 Å². The van der Waals surface area contributed by atoms with Gasteiger partial charge in [0.2, 0.25) is 0 Å². The van der Waals surface area contributed by atoms with Crippen molar-refractivity contribution < 1.29 is 40.9 Å². The first kappa shape index (κ1) is 57.5. The van der Waals surface area contributed by atoms with Gasteiger partial charge in [0, 0.05) is 47.3 Å². The van der Waals surface area contributed by atoms with E-state index in [0.29, 0.717) is 51.4 Å². The Kier molecular flexibility index (Phi) is 17.2. The molecule has 0 saturated carbocycles. The second kappa shape index (κ2) is 25.1. The molecule has 0 fully saturated rings. The van der Waals surface area contributed by atoms with Crippen LogP contribution in [0.25, 0.3) is 0 Å². The molecule has 16 unspecified atom stereocenters. The van der Waals surface area contributed by atoms with E-state index in [2.05, 4.69) is 170 Å². The fraction of sp³-hybridized carbons (Fsp3) is 0.474. The number of hydrogen-bond donors (Lipinski definition) is 8. The summed E-state index contributed by atoms with van der Waals surface area (Å²) in [5.41, 5.74) is 15.6. The zero-order chi connectivity index (χ0) is 57.6. The van der Waals surface area contributed by atoms with Gasteiger partial charge in [-0.05, 0) is 195 Å². The minimum absolute atomic E-state index is 0.133. The molecule has 84 heavy (non-hydrogen) atoms. The fourth-order valence-electron chi connectivity index (χ4n) is 17.4. The maximum atomic E-state index is 10.9. The summed E-state index contributed by atoms with van der Waals surface area (Å²) in [5.74, 6) is 0.946. The standard InChI is InChI=1S/C76H88O8/c77-73(78)69-37-61-33-62(38-69)55-19-3-11-47(27-55)48-12-4-21-57(28-48)65-35-66(42-71(41-65)75(81)82)59-23-7-15-51(31-59)52-16-8-24-60(32-52)68-36-67(43-72(44-68)76(83)84)58-22-6-14-50(30-58)49-13-5-20-56(29-49)64-34-63(39-70(40-64)74(79)80)54-18-2-10-46(26-54)45-9-1-17-53(61)25-45/h1-24,33-36,45,54-60,62-63,65,67,69-84H,25-32,37-44H2. The summed E-state index contributed by atoms with van der Waals surface area (Å²) >= 11 is 0. The van der Waals surface area contributed by atoms with Gasteiger partial charge >= 0.3 is 0 Å². The van der Waals surface area contributed by atoms with E-state index in [1.165, 1.54) is 66.9 Å². The van der Waals surface area contributed by atoms with Crippen molar-refractivity contribution in [3.63, 3.8) is 0 Å². The highest BCUT2D eigenvalue weighted by atomic mass is 16.5. The van der Waals surface area contributed by atoms with Crippen LogP contribution in [0, 0.1) is 94.7 Å². The van der Waals surface area contributed by atoms with Gasteiger partial charge in [-0.3, -0.25) is 0 Å². The Hall–Kier alpha value is -5.52. The van der Waals surface area contributed by atoms with Crippen LogP contribution >= 0.6 is 0 Å². The Morgan fingerprint density at radius 3 is 0.833 bits per heavy atom. The third-order valence-corrected chi connectivity index (χ3v) is 22.2. The predicted octanol–water partition coefficient (Wildman–Crippen LogP) is 13.1. The molecule has 13 rings (SSSR count). The van der Waals surface area contributed by atoms with Gasteiger partial charge in [-0.1, -0.05) is 192 Å². The molecule has 13 aliphatic carbocycles. The Morgan fingerprint density at radius 1 is 0.226 bits per heavy atom. The van der Waals surface area contributed by atoms with Crippen molar-refractivity contribution in [3.05, 3.63) is 237 Å². The van der Waals surface area contributed by atoms with E-state index in [0.717, 1.165) is 51.4 Å². The Labute approximate surface area is 498 Å². The van der Waals surface area contributed by atoms with Crippen LogP contribution in [0.5, 0.6) is 0 Å². The largest absolute Gasteiger partial charge is 0.368 e. The summed E-state index contributed by atoms with van der Waals surface area (Å²) in [6.07, 6.45) is 71.0. The second-order valence-electron chi connectivity index (χ2n) is 27.4. The van der Waals surface area contributed by atoms with Gasteiger partial charge in [0.15, 0.2) is 25.2 Å². The maximum absolute atomic E-state index is 10.9. The van der Waals surface area contributed by atoms with E-state index in [1.54, 1.807) is 0 Å². The average Bonchev–Trinajstić information content (AvgIpc) is 3.59. The summed E-state index contributed by atoms with van der Waals surface area (Å²) in [6, 6.07) is 0. The van der Waals surface area contributed by atoms with Crippen LogP contribution in [-0.2, 0) is 0 Å². The molecule has 0 aliphatic heterocycles. The lowest BCUT2D eigenvalue weighted by molar-refractivity contribution is -0.0917. The zero-order valence-corrected chi connectivity index (χ0v) is 48.6. The number of hydrogen-bond acceptors (Lipinski definition) is 8. The number of aliphatic hydroxyl groups excluding tert-OH is 4. The molecule has 0 aromatic heterocycles. The predicted molar refractivity (Wildman–Crippen MR) is 333 cm³/mol. The van der Waals surface area contributed by atoms with Gasteiger partial charge in [-0.25, -0.2) is 0 Å². The molecule has 0 saturated heterocycles. The van der Waals surface area contributed by atoms with Crippen molar-refractivity contribution in [2.45, 2.75) is 128 Å². The van der Waals surface area contributed by atoms with E-state index in [1.807, 2.05) is 0 Å². The molecule has 24 bridgehead atoms. The molecule has 0 aromatic rings. The normalized spacial score (nSPS) is 37.2. The van der Waals surface area contributed by atoms with Gasteiger partial charge in [0.1, 0.15) is 0 Å². The molecule has 8 N–H and O–H groups in total. The highest BCUT2D eigenvalue weighted by molar-refractivity contribution is 5.48. The molecule has 8 heteroatoms. The minimum Gasteiger partial charge on any atom is -0.368 e. The molecule has 0 radical (unpaired) electrons. The lowest BCUT2D eigenvalue weighted by Gasteiger charge is -2.39. The molecular formula is C76H88O8. The number of aliphatic hydroxyl groups is 8. The van der Waals surface area contributed by atoms with Crippen molar-refractivity contribution in [2.75, 3.05) is 0 Å². The Bertz CT molecular complexity index is 3200. The van der Waals surface area contributed by atoms with Crippen molar-refractivity contribution in [2.24, 2.45) is 94.7 Å². The van der Waals surface area contributed by atoms with Gasteiger partial charge in [-0.15, -0.1) is 0 Å². The number of allylic oxidation sites excluding steroid dienone is 40. The second-order valence-corrected chi connectivity index (χ2v) is 27.4. The lowest BCUT2D eigenvalue weighted by Crippen LogP contribution is -2.31. The van der Waals surface area contributed by atoms with E-state index < -0.39 is 25.2 Å². The molecular weight excluding hydrogens is 1040 g/mol. The van der Waals surface area contributed by atoms with Crippen molar-refractivity contribution in [1.82, 2.24) is 0 Å². The Morgan fingerprint density at radius 2 is 0.488 bits per heavy atom. The number of rotatable bonds is 4. The molecule has 16 atom stereocenters. The van der Waals surface area contributed by atoms with Crippen molar-refractivity contribution in [1.29, 1.82) is 0 Å². The monoisotopic (exact) mass is 1130 g/mol. The Balaban J connectivity index is 0.809. The van der Waals surface area contributed by atoms with Crippen LogP contribution in [0.3, 0.4) is 0 Å². The van der Waals surface area contributed by atoms with E-state index in [-0.39, 0.29) is 94.7 Å². The first-order valence-electron chi connectivity index (χ1n) is 32.1. The summed E-state index contributed by atoms with van der Waals surface area (Å²) < 4.78 is 0. The smallest absolute Gasteiger partial charge is 0.154 e. The zero-order valence-electron chi connectivity index (χ0n) is 48.6. The molecule has 0 amide bonds. The van der Waals surface area contributed by atoms with Crippen LogP contribution in [-0.4, -0.2) is 66.0 Å². The van der Waals surface area contributed by atoms with Gasteiger partial charge in [0.25, 0.3) is 0 Å². The SMILES string of the molecule is OC(O)C1CC2=CC(C1)C1C=CC=C(C1)C1=CC=CC(C1)C1C=C(CC(C(O)O)C1)C1C=CC=C(C1)C1=CC=CC(C1)C1=CC(CC(C(O)O)C1)C1C=CC=C(C1)C1=CC=CC(C1)C1=CC(CC(C(O)O)C1)C1C=CC=C(C1)C1C=CC=C2C1. The first-order chi connectivity index (χ1) is 40.8. The highest BCUT2D eigenvalue weighted by Gasteiger charge is 2.40. The fourth-order valence-corrected chi connectivity index (χ4v) is 17.4. The van der Waals surface area contributed by atoms with Crippen LogP contribution in [0.1, 0.15) is 103 Å². The third kappa shape index (κ3) is 12.5. The number of fused-ring (bicyclic) bond motifs is 32. The highest BCUT2D eigenvalue weighted by Crippen LogP contribution is 2.51. The van der Waals surface area contributed by atoms with Gasteiger partial charge < -0.3 is 40.9 Å². The quantitative estimate of drug-likeness (QED) is 0.102. The lowest BCUT2D eigenvalue weighted by atomic mass is 9.67. The molecule has 0 spiro atoms. The van der Waals surface area contributed by atoms with Gasteiger partial charge in [0.05, 0.1) is 0 Å². The van der Waals surface area contributed by atoms with Crippen LogP contribution in [0.15, 0.2) is 237 Å². The van der Waals surface area contributed by atoms with Crippen LogP contribution in [0.4, 0.5) is 0 Å². The molecule has 440 valence electrons. The van der Waals surface area contributed by atoms with Crippen LogP contribution in [0.2, 0.25) is 0 Å².